The van der Waals surface area contributed by atoms with Gasteiger partial charge in [-0.2, -0.15) is 5.10 Å². The van der Waals surface area contributed by atoms with Crippen molar-refractivity contribution in [1.29, 1.82) is 0 Å². The molecular formula is C33H39N3O3. The number of nitrogens with one attached hydrogen (secondary N) is 1. The summed E-state index contributed by atoms with van der Waals surface area (Å²) >= 11 is 0. The molecule has 4 aromatic rings. The number of carbonyl (C=O) groups is 2. The lowest BCUT2D eigenvalue weighted by Gasteiger charge is -2.20. The molecule has 2 N–H and O–H groups in total. The molecule has 0 fully saturated rings. The van der Waals surface area contributed by atoms with Crippen molar-refractivity contribution in [2.45, 2.75) is 65.8 Å². The Balaban J connectivity index is 1.63. The van der Waals surface area contributed by atoms with Crippen LogP contribution in [0, 0.1) is 12.8 Å². The highest BCUT2D eigenvalue weighted by molar-refractivity contribution is 5.94. The van der Waals surface area contributed by atoms with Gasteiger partial charge < -0.3 is 10.4 Å². The lowest BCUT2D eigenvalue weighted by molar-refractivity contribution is -0.136. The maximum atomic E-state index is 12.4. The minimum absolute atomic E-state index is 0.0236. The van der Waals surface area contributed by atoms with Gasteiger partial charge in [0, 0.05) is 23.7 Å². The number of aryl methyl sites for hydroxylation is 1. The summed E-state index contributed by atoms with van der Waals surface area (Å²) in [5, 5.41) is 17.6. The third-order valence-electron chi connectivity index (χ3n) is 7.10. The fourth-order valence-electron chi connectivity index (χ4n) is 4.90. The molecule has 39 heavy (non-hydrogen) atoms. The minimum Gasteiger partial charge on any atom is -0.481 e. The average molecular weight is 526 g/mol. The molecule has 0 saturated carbocycles. The van der Waals surface area contributed by atoms with Gasteiger partial charge in [-0.1, -0.05) is 71.0 Å². The number of amides is 1. The third kappa shape index (κ3) is 6.75. The molecule has 4 rings (SSSR count). The molecule has 6 nitrogen and oxygen atoms in total. The van der Waals surface area contributed by atoms with Crippen LogP contribution in [0.1, 0.15) is 80.6 Å². The second-order valence-corrected chi connectivity index (χ2v) is 11.8. The summed E-state index contributed by atoms with van der Waals surface area (Å²) in [6, 6.07) is 20.8. The van der Waals surface area contributed by atoms with E-state index in [2.05, 4.69) is 94.1 Å². The normalized spacial score (nSPS) is 12.6. The smallest absolute Gasteiger partial charge is 0.305 e. The van der Waals surface area contributed by atoms with Gasteiger partial charge in [-0.25, -0.2) is 0 Å². The topological polar surface area (TPSA) is 84.2 Å². The van der Waals surface area contributed by atoms with Gasteiger partial charge in [0.2, 0.25) is 0 Å². The maximum Gasteiger partial charge on any atom is 0.305 e. The summed E-state index contributed by atoms with van der Waals surface area (Å²) in [7, 11) is 0. The summed E-state index contributed by atoms with van der Waals surface area (Å²) in [5.74, 6) is -0.763. The predicted molar refractivity (Wildman–Crippen MR) is 157 cm³/mol. The highest BCUT2D eigenvalue weighted by atomic mass is 16.4. The Morgan fingerprint density at radius 1 is 0.974 bits per heavy atom. The lowest BCUT2D eigenvalue weighted by atomic mass is 9.86. The molecule has 0 spiro atoms. The molecule has 0 saturated heterocycles. The number of benzene rings is 3. The Morgan fingerprint density at radius 3 is 2.23 bits per heavy atom. The Kier molecular flexibility index (Phi) is 8.24. The molecular weight excluding hydrogens is 486 g/mol. The zero-order chi connectivity index (χ0) is 28.3. The van der Waals surface area contributed by atoms with E-state index in [1.807, 2.05) is 12.1 Å². The van der Waals surface area contributed by atoms with Gasteiger partial charge in [0.05, 0.1) is 18.0 Å². The fourth-order valence-corrected chi connectivity index (χ4v) is 4.90. The van der Waals surface area contributed by atoms with E-state index in [0.717, 1.165) is 28.5 Å². The summed E-state index contributed by atoms with van der Waals surface area (Å²) in [6.07, 6.45) is 2.93. The van der Waals surface area contributed by atoms with Crippen LogP contribution in [0.25, 0.3) is 22.0 Å². The highest BCUT2D eigenvalue weighted by Crippen LogP contribution is 2.32. The first-order valence-electron chi connectivity index (χ1n) is 13.6. The summed E-state index contributed by atoms with van der Waals surface area (Å²) < 4.78 is 2.06. The van der Waals surface area contributed by atoms with Gasteiger partial charge >= 0.3 is 5.97 Å². The quantitative estimate of drug-likeness (QED) is 0.243. The zero-order valence-corrected chi connectivity index (χ0v) is 23.8. The van der Waals surface area contributed by atoms with Crippen molar-refractivity contribution < 1.29 is 14.7 Å². The van der Waals surface area contributed by atoms with Crippen LogP contribution in [-0.4, -0.2) is 33.3 Å². The Labute approximate surface area is 231 Å². The third-order valence-corrected chi connectivity index (χ3v) is 7.10. The molecule has 204 valence electrons. The number of fused-ring (bicyclic) bond motifs is 1. The number of aromatic nitrogens is 2. The molecule has 1 unspecified atom stereocenters. The van der Waals surface area contributed by atoms with Crippen LogP contribution in [-0.2, 0) is 10.2 Å². The zero-order valence-electron chi connectivity index (χ0n) is 23.8. The molecule has 6 heteroatoms. The summed E-state index contributed by atoms with van der Waals surface area (Å²) in [6.45, 7) is 13.3. The number of nitrogens with zero attached hydrogens (tertiary/aromatic N) is 2. The second kappa shape index (κ2) is 11.4. The standard InChI is InChI=1S/C33H39N3O3/c1-21(2)17-29(24-7-9-25(10-8-24)32(39)34-16-15-30(37)38)36-20-27-19-26(18-22(3)31(27)35-36)23-11-13-28(14-12-23)33(4,5)6/h7-14,18-21,29H,15-17H2,1-6H3,(H,34,39)(H,37,38). The van der Waals surface area contributed by atoms with Gasteiger partial charge in [0.25, 0.3) is 5.91 Å². The number of hydrogen-bond donors (Lipinski definition) is 2. The van der Waals surface area contributed by atoms with Gasteiger partial charge in [-0.15, -0.1) is 0 Å². The molecule has 0 bridgehead atoms. The minimum atomic E-state index is -0.936. The van der Waals surface area contributed by atoms with E-state index in [4.69, 9.17) is 10.2 Å². The van der Waals surface area contributed by atoms with E-state index in [1.54, 1.807) is 12.1 Å². The van der Waals surface area contributed by atoms with Gasteiger partial charge in [0.15, 0.2) is 0 Å². The van der Waals surface area contributed by atoms with E-state index < -0.39 is 5.97 Å². The summed E-state index contributed by atoms with van der Waals surface area (Å²) in [4.78, 5) is 23.1. The van der Waals surface area contributed by atoms with Crippen LogP contribution < -0.4 is 5.32 Å². The van der Waals surface area contributed by atoms with E-state index in [0.29, 0.717) is 11.5 Å². The molecule has 1 amide bonds. The van der Waals surface area contributed by atoms with Crippen molar-refractivity contribution in [2.75, 3.05) is 6.54 Å². The van der Waals surface area contributed by atoms with Gasteiger partial charge in [-0.3, -0.25) is 14.3 Å². The Hall–Kier alpha value is -3.93. The lowest BCUT2D eigenvalue weighted by Crippen LogP contribution is -2.26. The van der Waals surface area contributed by atoms with E-state index in [1.165, 1.54) is 16.7 Å². The molecule has 0 radical (unpaired) electrons. The van der Waals surface area contributed by atoms with Crippen LogP contribution in [0.4, 0.5) is 0 Å². The molecule has 1 atom stereocenters. The molecule has 0 aliphatic heterocycles. The Morgan fingerprint density at radius 2 is 1.64 bits per heavy atom. The average Bonchev–Trinajstić information content (AvgIpc) is 3.31. The number of hydrogen-bond acceptors (Lipinski definition) is 3. The van der Waals surface area contributed by atoms with E-state index in [9.17, 15) is 9.59 Å². The number of carbonyl (C=O) groups excluding carboxylic acids is 1. The van der Waals surface area contributed by atoms with Crippen molar-refractivity contribution in [3.63, 3.8) is 0 Å². The van der Waals surface area contributed by atoms with Crippen molar-refractivity contribution in [3.05, 3.63) is 89.1 Å². The fraction of sp³-hybridized carbons (Fsp3) is 0.364. The first kappa shape index (κ1) is 28.1. The summed E-state index contributed by atoms with van der Waals surface area (Å²) in [5.41, 5.74) is 7.52. The predicted octanol–water partition coefficient (Wildman–Crippen LogP) is 7.15. The number of carboxylic acid groups (broad SMARTS) is 1. The van der Waals surface area contributed by atoms with Crippen LogP contribution in [0.5, 0.6) is 0 Å². The number of rotatable bonds is 9. The van der Waals surface area contributed by atoms with Gasteiger partial charge in [-0.05, 0) is 76.8 Å². The first-order valence-corrected chi connectivity index (χ1v) is 13.6. The van der Waals surface area contributed by atoms with Crippen molar-refractivity contribution in [3.8, 4) is 11.1 Å². The maximum absolute atomic E-state index is 12.4. The Bertz CT molecular complexity index is 1460. The number of aliphatic carboxylic acids is 1. The van der Waals surface area contributed by atoms with Crippen LogP contribution >= 0.6 is 0 Å². The SMILES string of the molecule is Cc1cc(-c2ccc(C(C)(C)C)cc2)cc2cn(C(CC(C)C)c3ccc(C(=O)NCCC(=O)O)cc3)nc12. The molecule has 0 aliphatic carbocycles. The second-order valence-electron chi connectivity index (χ2n) is 11.8. The highest BCUT2D eigenvalue weighted by Gasteiger charge is 2.19. The van der Waals surface area contributed by atoms with E-state index >= 15 is 0 Å². The monoisotopic (exact) mass is 525 g/mol. The van der Waals surface area contributed by atoms with E-state index in [-0.39, 0.29) is 30.3 Å². The number of carboxylic acids is 1. The first-order chi connectivity index (χ1) is 18.4. The molecule has 1 heterocycles. The molecule has 0 aliphatic rings. The van der Waals surface area contributed by atoms with Crippen LogP contribution in [0.15, 0.2) is 66.9 Å². The van der Waals surface area contributed by atoms with Crippen molar-refractivity contribution in [2.24, 2.45) is 5.92 Å². The van der Waals surface area contributed by atoms with Crippen LogP contribution in [0.2, 0.25) is 0 Å². The largest absolute Gasteiger partial charge is 0.481 e. The van der Waals surface area contributed by atoms with Gasteiger partial charge in [0.1, 0.15) is 0 Å². The van der Waals surface area contributed by atoms with Crippen molar-refractivity contribution in [1.82, 2.24) is 15.1 Å². The molecule has 1 aromatic heterocycles. The molecule has 3 aromatic carbocycles. The van der Waals surface area contributed by atoms with Crippen LogP contribution in [0.3, 0.4) is 0 Å². The van der Waals surface area contributed by atoms with Crippen molar-refractivity contribution >= 4 is 22.8 Å².